The Labute approximate surface area is 51.8 Å². The molecule has 1 rings (SSSR count). The Morgan fingerprint density at radius 1 is 1.33 bits per heavy atom. The predicted molar refractivity (Wildman–Crippen MR) is 26.1 cm³/mol. The van der Waals surface area contributed by atoms with Crippen molar-refractivity contribution in [2.75, 3.05) is 6.61 Å². The van der Waals surface area contributed by atoms with Crippen molar-refractivity contribution in [2.24, 2.45) is 0 Å². The second-order valence-electron chi connectivity index (χ2n) is 2.43. The van der Waals surface area contributed by atoms with Gasteiger partial charge in [0.05, 0.1) is 0 Å². The highest BCUT2D eigenvalue weighted by atomic mass is 19.3. The van der Waals surface area contributed by atoms with Crippen molar-refractivity contribution >= 4 is 0 Å². The summed E-state index contributed by atoms with van der Waals surface area (Å²) in [5, 5.41) is 0. The van der Waals surface area contributed by atoms with Crippen LogP contribution in [0.5, 0.6) is 0 Å². The lowest BCUT2D eigenvalue weighted by Crippen LogP contribution is -2.24. The van der Waals surface area contributed by atoms with Gasteiger partial charge < -0.3 is 4.74 Å². The lowest BCUT2D eigenvalue weighted by Gasteiger charge is -2.15. The monoisotopic (exact) mass is 138 g/mol. The SMILES string of the molecule is CC1(C)OCC(F)(F)O1. The molecule has 0 aromatic heterocycles. The molecule has 0 unspecified atom stereocenters. The molecule has 1 fully saturated rings. The Morgan fingerprint density at radius 2 is 1.89 bits per heavy atom. The second-order valence-corrected chi connectivity index (χ2v) is 2.43. The first-order valence-corrected chi connectivity index (χ1v) is 2.63. The largest absolute Gasteiger partial charge is 0.381 e. The fourth-order valence-corrected chi connectivity index (χ4v) is 0.676. The molecule has 9 heavy (non-hydrogen) atoms. The molecule has 1 aliphatic heterocycles. The van der Waals surface area contributed by atoms with Gasteiger partial charge in [-0.2, -0.15) is 8.78 Å². The molecule has 1 heterocycles. The van der Waals surface area contributed by atoms with Gasteiger partial charge in [-0.1, -0.05) is 0 Å². The number of ether oxygens (including phenoxy) is 2. The topological polar surface area (TPSA) is 18.5 Å². The van der Waals surface area contributed by atoms with Crippen molar-refractivity contribution in [1.82, 2.24) is 0 Å². The van der Waals surface area contributed by atoms with Gasteiger partial charge in [0.25, 0.3) is 0 Å². The van der Waals surface area contributed by atoms with Crippen molar-refractivity contribution in [2.45, 2.75) is 25.7 Å². The molecule has 0 aliphatic carbocycles. The van der Waals surface area contributed by atoms with Crippen molar-refractivity contribution in [3.63, 3.8) is 0 Å². The van der Waals surface area contributed by atoms with E-state index in [0.717, 1.165) is 0 Å². The highest BCUT2D eigenvalue weighted by Gasteiger charge is 2.46. The molecule has 0 atom stereocenters. The average Bonchev–Trinajstić information content (AvgIpc) is 1.78. The summed E-state index contributed by atoms with van der Waals surface area (Å²) in [5.74, 6) is -1.12. The molecule has 0 amide bonds. The standard InChI is InChI=1S/C5H8F2O2/c1-4(2)8-3-5(6,7)9-4/h3H2,1-2H3. The molecular formula is C5H8F2O2. The summed E-state index contributed by atoms with van der Waals surface area (Å²) < 4.78 is 32.9. The predicted octanol–water partition coefficient (Wildman–Crippen LogP) is 1.36. The van der Waals surface area contributed by atoms with Gasteiger partial charge in [0, 0.05) is 0 Å². The van der Waals surface area contributed by atoms with Crippen molar-refractivity contribution in [3.05, 3.63) is 0 Å². The first-order chi connectivity index (χ1) is 3.91. The lowest BCUT2D eigenvalue weighted by atomic mass is 10.4. The Bertz CT molecular complexity index is 108. The fraction of sp³-hybridized carbons (Fsp3) is 1.00. The number of halogens is 2. The van der Waals surface area contributed by atoms with Gasteiger partial charge in [0.1, 0.15) is 6.61 Å². The molecule has 2 nitrogen and oxygen atoms in total. The van der Waals surface area contributed by atoms with Crippen LogP contribution in [0.25, 0.3) is 0 Å². The maximum Gasteiger partial charge on any atom is 0.381 e. The fourth-order valence-electron chi connectivity index (χ4n) is 0.676. The zero-order valence-corrected chi connectivity index (χ0v) is 5.28. The first-order valence-electron chi connectivity index (χ1n) is 2.63. The van der Waals surface area contributed by atoms with E-state index in [1.54, 1.807) is 0 Å². The van der Waals surface area contributed by atoms with E-state index in [1.807, 2.05) is 0 Å². The van der Waals surface area contributed by atoms with Gasteiger partial charge in [-0.05, 0) is 13.8 Å². The molecule has 54 valence electrons. The molecule has 4 heteroatoms. The Hall–Kier alpha value is -0.220. The van der Waals surface area contributed by atoms with E-state index in [-0.39, 0.29) is 0 Å². The van der Waals surface area contributed by atoms with Crippen LogP contribution in [0.3, 0.4) is 0 Å². The second kappa shape index (κ2) is 1.64. The third-order valence-corrected chi connectivity index (χ3v) is 0.983. The van der Waals surface area contributed by atoms with E-state index >= 15 is 0 Å². The van der Waals surface area contributed by atoms with E-state index < -0.39 is 18.5 Å². The molecular weight excluding hydrogens is 130 g/mol. The van der Waals surface area contributed by atoms with Crippen LogP contribution in [0.1, 0.15) is 13.8 Å². The summed E-state index contributed by atoms with van der Waals surface area (Å²) in [5.41, 5.74) is 0. The van der Waals surface area contributed by atoms with Crippen LogP contribution < -0.4 is 0 Å². The van der Waals surface area contributed by atoms with Crippen LogP contribution in [-0.4, -0.2) is 18.5 Å². The minimum absolute atomic E-state index is 0.639. The quantitative estimate of drug-likeness (QED) is 0.503. The molecule has 1 saturated heterocycles. The van der Waals surface area contributed by atoms with Gasteiger partial charge in [0.2, 0.25) is 0 Å². The molecule has 0 N–H and O–H groups in total. The minimum atomic E-state index is -3.09. The molecule has 0 saturated carbocycles. The zero-order valence-electron chi connectivity index (χ0n) is 5.28. The smallest absolute Gasteiger partial charge is 0.341 e. The molecule has 0 bridgehead atoms. The van der Waals surface area contributed by atoms with E-state index in [9.17, 15) is 8.78 Å². The average molecular weight is 138 g/mol. The number of rotatable bonds is 0. The lowest BCUT2D eigenvalue weighted by molar-refractivity contribution is -0.253. The number of hydrogen-bond acceptors (Lipinski definition) is 2. The van der Waals surface area contributed by atoms with Gasteiger partial charge in [-0.15, -0.1) is 0 Å². The summed E-state index contributed by atoms with van der Waals surface area (Å²) in [4.78, 5) is 0. The van der Waals surface area contributed by atoms with Crippen molar-refractivity contribution in [3.8, 4) is 0 Å². The molecule has 0 radical (unpaired) electrons. The van der Waals surface area contributed by atoms with Crippen LogP contribution in [-0.2, 0) is 9.47 Å². The summed E-state index contributed by atoms with van der Waals surface area (Å²) in [6.07, 6.45) is -3.09. The Morgan fingerprint density at radius 3 is 2.00 bits per heavy atom. The van der Waals surface area contributed by atoms with E-state index in [0.29, 0.717) is 0 Å². The Kier molecular flexibility index (Phi) is 1.25. The summed E-state index contributed by atoms with van der Waals surface area (Å²) >= 11 is 0. The normalized spacial score (nSPS) is 30.7. The van der Waals surface area contributed by atoms with E-state index in [2.05, 4.69) is 9.47 Å². The van der Waals surface area contributed by atoms with E-state index in [4.69, 9.17) is 0 Å². The Balaban J connectivity index is 2.58. The van der Waals surface area contributed by atoms with Crippen molar-refractivity contribution < 1.29 is 18.3 Å². The highest BCUT2D eigenvalue weighted by molar-refractivity contribution is 4.68. The number of hydrogen-bond donors (Lipinski definition) is 0. The summed E-state index contributed by atoms with van der Waals surface area (Å²) in [7, 11) is 0. The minimum Gasteiger partial charge on any atom is -0.341 e. The highest BCUT2D eigenvalue weighted by Crippen LogP contribution is 2.32. The third-order valence-electron chi connectivity index (χ3n) is 0.983. The third kappa shape index (κ3) is 1.59. The summed E-state index contributed by atoms with van der Waals surface area (Å²) in [6, 6.07) is 0. The molecule has 0 aromatic carbocycles. The van der Waals surface area contributed by atoms with Gasteiger partial charge in [0.15, 0.2) is 5.79 Å². The van der Waals surface area contributed by atoms with Gasteiger partial charge in [-0.3, -0.25) is 4.74 Å². The molecule has 1 aliphatic rings. The van der Waals surface area contributed by atoms with Crippen LogP contribution in [0.4, 0.5) is 8.78 Å². The van der Waals surface area contributed by atoms with E-state index in [1.165, 1.54) is 13.8 Å². The molecule has 0 spiro atoms. The van der Waals surface area contributed by atoms with Crippen LogP contribution >= 0.6 is 0 Å². The first kappa shape index (κ1) is 6.89. The van der Waals surface area contributed by atoms with Gasteiger partial charge >= 0.3 is 6.11 Å². The molecule has 0 aromatic rings. The zero-order chi connectivity index (χ0) is 7.12. The van der Waals surface area contributed by atoms with Crippen molar-refractivity contribution in [1.29, 1.82) is 0 Å². The van der Waals surface area contributed by atoms with Crippen LogP contribution in [0.2, 0.25) is 0 Å². The van der Waals surface area contributed by atoms with Gasteiger partial charge in [-0.25, -0.2) is 0 Å². The van der Waals surface area contributed by atoms with Crippen LogP contribution in [0.15, 0.2) is 0 Å². The van der Waals surface area contributed by atoms with Crippen LogP contribution in [0, 0.1) is 0 Å². The summed E-state index contributed by atoms with van der Waals surface area (Å²) in [6.45, 7) is 2.27. The number of alkyl halides is 2. The maximum absolute atomic E-state index is 12.1. The maximum atomic E-state index is 12.1.